The van der Waals surface area contributed by atoms with Gasteiger partial charge in [0.1, 0.15) is 6.61 Å². The third kappa shape index (κ3) is 3.68. The topological polar surface area (TPSA) is 18.5 Å². The maximum absolute atomic E-state index is 12.0. The second-order valence-corrected chi connectivity index (χ2v) is 3.44. The molecule has 16 heavy (non-hydrogen) atoms. The highest BCUT2D eigenvalue weighted by Gasteiger charge is 2.09. The Hall–Kier alpha value is -1.32. The van der Waals surface area contributed by atoms with Crippen molar-refractivity contribution < 1.29 is 18.3 Å². The third-order valence-corrected chi connectivity index (χ3v) is 2.13. The number of alkyl halides is 2. The minimum atomic E-state index is -2.47. The van der Waals surface area contributed by atoms with Gasteiger partial charge < -0.3 is 9.47 Å². The molecule has 0 aliphatic carbocycles. The molecule has 0 bridgehead atoms. The molecule has 0 fully saturated rings. The van der Waals surface area contributed by atoms with Crippen LogP contribution in [0.25, 0.3) is 0 Å². The van der Waals surface area contributed by atoms with Gasteiger partial charge in [-0.3, -0.25) is 0 Å². The van der Waals surface area contributed by atoms with E-state index in [2.05, 4.69) is 6.92 Å². The van der Waals surface area contributed by atoms with E-state index in [0.717, 1.165) is 18.4 Å². The van der Waals surface area contributed by atoms with Gasteiger partial charge in [-0.1, -0.05) is 19.4 Å². The van der Waals surface area contributed by atoms with Crippen LogP contribution in [0, 0.1) is 0 Å². The average Bonchev–Trinajstić information content (AvgIpc) is 2.27. The Kier molecular flexibility index (Phi) is 5.02. The molecule has 0 unspecified atom stereocenters. The highest BCUT2D eigenvalue weighted by molar-refractivity contribution is 5.43. The van der Waals surface area contributed by atoms with Gasteiger partial charge in [0.05, 0.1) is 7.11 Å². The summed E-state index contributed by atoms with van der Waals surface area (Å²) in [5.41, 5.74) is 1.06. The highest BCUT2D eigenvalue weighted by atomic mass is 19.3. The van der Waals surface area contributed by atoms with Crippen molar-refractivity contribution >= 4 is 0 Å². The standard InChI is InChI=1S/C12H16F2O2/c1-3-4-9-5-6-10(15-2)11(7-9)16-8-12(13)14/h5-7,12H,3-4,8H2,1-2H3. The van der Waals surface area contributed by atoms with Crippen molar-refractivity contribution in [2.24, 2.45) is 0 Å². The second-order valence-electron chi connectivity index (χ2n) is 3.44. The first kappa shape index (κ1) is 12.7. The molecule has 0 aliphatic heterocycles. The molecular formula is C12H16F2O2. The van der Waals surface area contributed by atoms with Crippen molar-refractivity contribution in [2.75, 3.05) is 13.7 Å². The minimum Gasteiger partial charge on any atom is -0.493 e. The number of halogens is 2. The van der Waals surface area contributed by atoms with Gasteiger partial charge in [0.15, 0.2) is 11.5 Å². The Labute approximate surface area is 94.2 Å². The van der Waals surface area contributed by atoms with E-state index in [9.17, 15) is 8.78 Å². The summed E-state index contributed by atoms with van der Waals surface area (Å²) < 4.78 is 34.1. The molecule has 0 amide bonds. The molecule has 0 aromatic heterocycles. The largest absolute Gasteiger partial charge is 0.493 e. The number of rotatable bonds is 6. The molecule has 90 valence electrons. The van der Waals surface area contributed by atoms with E-state index in [1.807, 2.05) is 6.07 Å². The molecule has 0 N–H and O–H groups in total. The van der Waals surface area contributed by atoms with Crippen LogP contribution in [0.2, 0.25) is 0 Å². The molecule has 1 aromatic rings. The summed E-state index contributed by atoms with van der Waals surface area (Å²) >= 11 is 0. The van der Waals surface area contributed by atoms with Crippen molar-refractivity contribution in [2.45, 2.75) is 26.2 Å². The van der Waals surface area contributed by atoms with Crippen molar-refractivity contribution in [1.82, 2.24) is 0 Å². The summed E-state index contributed by atoms with van der Waals surface area (Å²) in [6.45, 7) is 1.45. The Morgan fingerprint density at radius 3 is 2.56 bits per heavy atom. The lowest BCUT2D eigenvalue weighted by molar-refractivity contribution is 0.0804. The molecule has 0 atom stereocenters. The zero-order valence-electron chi connectivity index (χ0n) is 9.50. The van der Waals surface area contributed by atoms with Crippen LogP contribution in [-0.2, 0) is 6.42 Å². The van der Waals surface area contributed by atoms with E-state index in [1.54, 1.807) is 12.1 Å². The van der Waals surface area contributed by atoms with E-state index >= 15 is 0 Å². The lowest BCUT2D eigenvalue weighted by atomic mass is 10.1. The predicted octanol–water partition coefficient (Wildman–Crippen LogP) is 3.29. The Morgan fingerprint density at radius 1 is 1.25 bits per heavy atom. The number of hydrogen-bond donors (Lipinski definition) is 0. The van der Waals surface area contributed by atoms with Gasteiger partial charge in [0, 0.05) is 0 Å². The smallest absolute Gasteiger partial charge is 0.272 e. The molecule has 0 radical (unpaired) electrons. The fourth-order valence-corrected chi connectivity index (χ4v) is 1.43. The van der Waals surface area contributed by atoms with Crippen LogP contribution in [0.3, 0.4) is 0 Å². The van der Waals surface area contributed by atoms with Crippen LogP contribution in [0.4, 0.5) is 8.78 Å². The fraction of sp³-hybridized carbons (Fsp3) is 0.500. The van der Waals surface area contributed by atoms with Gasteiger partial charge >= 0.3 is 0 Å². The summed E-state index contributed by atoms with van der Waals surface area (Å²) in [7, 11) is 1.49. The molecule has 0 saturated heterocycles. The van der Waals surface area contributed by atoms with Crippen molar-refractivity contribution in [1.29, 1.82) is 0 Å². The highest BCUT2D eigenvalue weighted by Crippen LogP contribution is 2.28. The number of aryl methyl sites for hydroxylation is 1. The van der Waals surface area contributed by atoms with Crippen LogP contribution in [0.1, 0.15) is 18.9 Å². The SMILES string of the molecule is CCCc1ccc(OC)c(OCC(F)F)c1. The number of methoxy groups -OCH3 is 1. The molecule has 0 heterocycles. The zero-order chi connectivity index (χ0) is 12.0. The molecular weight excluding hydrogens is 214 g/mol. The normalized spacial score (nSPS) is 10.6. The van der Waals surface area contributed by atoms with Gasteiger partial charge in [-0.2, -0.15) is 0 Å². The van der Waals surface area contributed by atoms with E-state index in [-0.39, 0.29) is 0 Å². The molecule has 2 nitrogen and oxygen atoms in total. The van der Waals surface area contributed by atoms with Crippen molar-refractivity contribution in [3.63, 3.8) is 0 Å². The Balaban J connectivity index is 2.79. The Morgan fingerprint density at radius 2 is 2.00 bits per heavy atom. The number of ether oxygens (including phenoxy) is 2. The molecule has 1 aromatic carbocycles. The average molecular weight is 230 g/mol. The quantitative estimate of drug-likeness (QED) is 0.746. The van der Waals surface area contributed by atoms with Crippen LogP contribution in [0.15, 0.2) is 18.2 Å². The lowest BCUT2D eigenvalue weighted by Crippen LogP contribution is -2.08. The molecule has 4 heteroatoms. The first-order valence-corrected chi connectivity index (χ1v) is 5.25. The molecule has 0 saturated carbocycles. The number of hydrogen-bond acceptors (Lipinski definition) is 2. The first-order valence-electron chi connectivity index (χ1n) is 5.25. The van der Waals surface area contributed by atoms with Gasteiger partial charge in [-0.25, -0.2) is 8.78 Å². The lowest BCUT2D eigenvalue weighted by Gasteiger charge is -2.11. The van der Waals surface area contributed by atoms with Gasteiger partial charge in [0.2, 0.25) is 0 Å². The van der Waals surface area contributed by atoms with Crippen molar-refractivity contribution in [3.05, 3.63) is 23.8 Å². The molecule has 0 spiro atoms. The maximum Gasteiger partial charge on any atom is 0.272 e. The monoisotopic (exact) mass is 230 g/mol. The van der Waals surface area contributed by atoms with Crippen LogP contribution < -0.4 is 9.47 Å². The summed E-state index contributed by atoms with van der Waals surface area (Å²) in [4.78, 5) is 0. The van der Waals surface area contributed by atoms with Gasteiger partial charge in [-0.05, 0) is 24.1 Å². The van der Waals surface area contributed by atoms with E-state index < -0.39 is 13.0 Å². The number of benzene rings is 1. The summed E-state index contributed by atoms with van der Waals surface area (Å²) in [6.07, 6.45) is -0.574. The van der Waals surface area contributed by atoms with E-state index in [1.165, 1.54) is 7.11 Å². The maximum atomic E-state index is 12.0. The predicted molar refractivity (Wildman–Crippen MR) is 58.5 cm³/mol. The van der Waals surface area contributed by atoms with Crippen LogP contribution in [-0.4, -0.2) is 20.1 Å². The minimum absolute atomic E-state index is 0.383. The summed E-state index contributed by atoms with van der Waals surface area (Å²) in [5, 5.41) is 0. The fourth-order valence-electron chi connectivity index (χ4n) is 1.43. The second kappa shape index (κ2) is 6.30. The zero-order valence-corrected chi connectivity index (χ0v) is 9.50. The van der Waals surface area contributed by atoms with E-state index in [4.69, 9.17) is 9.47 Å². The Bertz CT molecular complexity index is 327. The summed E-state index contributed by atoms with van der Waals surface area (Å²) in [6, 6.07) is 5.41. The first-order chi connectivity index (χ1) is 7.67. The van der Waals surface area contributed by atoms with Crippen molar-refractivity contribution in [3.8, 4) is 11.5 Å². The third-order valence-electron chi connectivity index (χ3n) is 2.13. The van der Waals surface area contributed by atoms with Gasteiger partial charge in [0.25, 0.3) is 6.43 Å². The summed E-state index contributed by atoms with van der Waals surface area (Å²) in [5.74, 6) is 0.870. The van der Waals surface area contributed by atoms with Crippen LogP contribution in [0.5, 0.6) is 11.5 Å². The molecule has 1 rings (SSSR count). The van der Waals surface area contributed by atoms with E-state index in [0.29, 0.717) is 11.5 Å². The van der Waals surface area contributed by atoms with Gasteiger partial charge in [-0.15, -0.1) is 0 Å². The molecule has 0 aliphatic rings. The van der Waals surface area contributed by atoms with Crippen LogP contribution >= 0.6 is 0 Å².